The highest BCUT2D eigenvalue weighted by Crippen LogP contribution is 2.38. The van der Waals surface area contributed by atoms with Crippen molar-refractivity contribution in [1.82, 2.24) is 9.13 Å². The fraction of sp³-hybridized carbons (Fsp3) is 0.226. The Bertz CT molecular complexity index is 1680. The van der Waals surface area contributed by atoms with E-state index in [0.717, 1.165) is 61.0 Å². The highest BCUT2D eigenvalue weighted by atomic mass is 16.6. The smallest absolute Gasteiger partial charge is 0.269 e. The molecule has 0 bridgehead atoms. The first-order valence-electron chi connectivity index (χ1n) is 12.5. The molecule has 2 heterocycles. The van der Waals surface area contributed by atoms with Crippen molar-refractivity contribution < 1.29 is 14.5 Å². The summed E-state index contributed by atoms with van der Waals surface area (Å²) in [6.45, 7) is 11.0. The second-order valence-electron chi connectivity index (χ2n) is 9.96. The minimum absolute atomic E-state index is 0.0202. The molecule has 5 aromatic rings. The van der Waals surface area contributed by atoms with Gasteiger partial charge in [-0.3, -0.25) is 28.8 Å². The quantitative estimate of drug-likeness (QED) is 0.146. The van der Waals surface area contributed by atoms with E-state index in [0.29, 0.717) is 0 Å². The topological polar surface area (TPSA) is 87.1 Å². The second kappa shape index (κ2) is 9.10. The summed E-state index contributed by atoms with van der Waals surface area (Å²) in [5.74, 6) is -0.399. The lowest BCUT2D eigenvalue weighted by Gasteiger charge is -2.20. The Hall–Kier alpha value is -4.52. The van der Waals surface area contributed by atoms with Gasteiger partial charge in [0.05, 0.1) is 16.0 Å². The van der Waals surface area contributed by atoms with Gasteiger partial charge in [0.2, 0.25) is 11.8 Å². The monoisotopic (exact) mass is 507 g/mol. The van der Waals surface area contributed by atoms with Crippen LogP contribution in [-0.2, 0) is 0 Å². The molecule has 0 unspecified atom stereocenters. The molecule has 0 saturated heterocycles. The molecule has 7 heteroatoms. The molecule has 38 heavy (non-hydrogen) atoms. The number of hydrogen-bond donors (Lipinski definition) is 0. The predicted molar refractivity (Wildman–Crippen MR) is 149 cm³/mol. The summed E-state index contributed by atoms with van der Waals surface area (Å²) in [4.78, 5) is 36.0. The Morgan fingerprint density at radius 1 is 0.684 bits per heavy atom. The van der Waals surface area contributed by atoms with Gasteiger partial charge in [-0.15, -0.1) is 0 Å². The molecule has 0 radical (unpaired) electrons. The lowest BCUT2D eigenvalue weighted by Crippen LogP contribution is -2.09. The maximum Gasteiger partial charge on any atom is 0.269 e. The van der Waals surface area contributed by atoms with Crippen LogP contribution in [0.15, 0.2) is 60.7 Å². The van der Waals surface area contributed by atoms with Gasteiger partial charge in [-0.1, -0.05) is 36.4 Å². The van der Waals surface area contributed by atoms with E-state index in [1.54, 1.807) is 35.1 Å². The van der Waals surface area contributed by atoms with Gasteiger partial charge < -0.3 is 0 Å². The largest absolute Gasteiger partial charge is 0.284 e. The third-order valence-corrected chi connectivity index (χ3v) is 7.82. The molecule has 0 N–H and O–H groups in total. The number of nitrogens with zero attached hydrogens (tertiary/aromatic N) is 3. The van der Waals surface area contributed by atoms with Crippen LogP contribution in [0.3, 0.4) is 0 Å². The summed E-state index contributed by atoms with van der Waals surface area (Å²) >= 11 is 0. The van der Waals surface area contributed by atoms with Crippen molar-refractivity contribution in [2.45, 2.75) is 47.5 Å². The van der Waals surface area contributed by atoms with Gasteiger partial charge in [-0.25, -0.2) is 0 Å². The summed E-state index contributed by atoms with van der Waals surface area (Å²) in [7, 11) is 0. The Morgan fingerprint density at radius 2 is 1.08 bits per heavy atom. The van der Waals surface area contributed by atoms with Crippen LogP contribution in [0, 0.1) is 37.8 Å². The molecular formula is C31H29N3O4. The van der Waals surface area contributed by atoms with E-state index in [9.17, 15) is 19.7 Å². The first-order chi connectivity index (χ1) is 18.0. The first kappa shape index (κ1) is 25.1. The highest BCUT2D eigenvalue weighted by Gasteiger charge is 2.23. The molecule has 2 aromatic heterocycles. The van der Waals surface area contributed by atoms with Gasteiger partial charge in [0.15, 0.2) is 0 Å². The Labute approximate surface area is 220 Å². The molecule has 0 aliphatic rings. The summed E-state index contributed by atoms with van der Waals surface area (Å²) in [5.41, 5.74) is 8.37. The molecule has 0 atom stereocenters. The van der Waals surface area contributed by atoms with E-state index in [-0.39, 0.29) is 23.4 Å². The number of non-ortho nitro benzene ring substituents is 1. The van der Waals surface area contributed by atoms with Crippen LogP contribution in [0.25, 0.3) is 21.8 Å². The van der Waals surface area contributed by atoms with Crippen LogP contribution in [0.1, 0.15) is 68.6 Å². The van der Waals surface area contributed by atoms with Crippen LogP contribution in [-0.4, -0.2) is 25.9 Å². The minimum Gasteiger partial charge on any atom is -0.284 e. The number of aromatic nitrogens is 2. The number of nitro groups is 1. The normalized spacial score (nSPS) is 11.6. The van der Waals surface area contributed by atoms with Crippen LogP contribution in [0.2, 0.25) is 0 Å². The molecule has 7 nitrogen and oxygen atoms in total. The molecule has 0 aliphatic carbocycles. The van der Waals surface area contributed by atoms with E-state index >= 15 is 0 Å². The van der Waals surface area contributed by atoms with Crippen molar-refractivity contribution in [3.63, 3.8) is 0 Å². The number of fused-ring (bicyclic) bond motifs is 2. The van der Waals surface area contributed by atoms with Crippen LogP contribution in [0.5, 0.6) is 0 Å². The molecule has 0 saturated carbocycles. The van der Waals surface area contributed by atoms with E-state index < -0.39 is 4.92 Å². The molecule has 0 aliphatic heterocycles. The maximum atomic E-state index is 12.6. The van der Waals surface area contributed by atoms with Crippen LogP contribution < -0.4 is 0 Å². The Kier molecular flexibility index (Phi) is 6.02. The van der Waals surface area contributed by atoms with Crippen molar-refractivity contribution >= 4 is 39.3 Å². The minimum atomic E-state index is -0.409. The number of rotatable bonds is 4. The third kappa shape index (κ3) is 3.82. The van der Waals surface area contributed by atoms with Gasteiger partial charge in [-0.2, -0.15) is 0 Å². The van der Waals surface area contributed by atoms with Gasteiger partial charge >= 0.3 is 0 Å². The number of benzene rings is 3. The van der Waals surface area contributed by atoms with Crippen LogP contribution >= 0.6 is 0 Å². The number of carbonyl (C=O) groups is 2. The summed E-state index contributed by atoms with van der Waals surface area (Å²) in [6.07, 6.45) is 0. The zero-order valence-corrected chi connectivity index (χ0v) is 22.3. The second-order valence-corrected chi connectivity index (χ2v) is 9.96. The Morgan fingerprint density at radius 3 is 1.45 bits per heavy atom. The standard InChI is InChI=1S/C31H29N3O4/c1-17-19(3)32(21(5)35)29-15-24(9-13-27(17)29)31(23-7-11-26(12-8-23)34(37)38)25-10-14-28-18(2)20(4)33(22(6)36)30(28)16-25/h7-16,31H,1-6H3. The van der Waals surface area contributed by atoms with Crippen molar-refractivity contribution in [3.8, 4) is 0 Å². The average molecular weight is 508 g/mol. The van der Waals surface area contributed by atoms with E-state index in [1.807, 2.05) is 52.0 Å². The summed E-state index contributed by atoms with van der Waals surface area (Å²) in [6, 6.07) is 18.8. The number of hydrogen-bond acceptors (Lipinski definition) is 4. The average Bonchev–Trinajstić information content (AvgIpc) is 3.28. The predicted octanol–water partition coefficient (Wildman–Crippen LogP) is 7.24. The number of aryl methyl sites for hydroxylation is 2. The van der Waals surface area contributed by atoms with Gasteiger partial charge in [-0.05, 0) is 67.6 Å². The SMILES string of the molecule is CC(=O)n1c(C)c(C)c2ccc(C(c3ccc([N+](=O)[O-])cc3)c3ccc4c(C)c(C)n(C(C)=O)c4c3)cc21. The molecule has 3 aromatic carbocycles. The van der Waals surface area contributed by atoms with Crippen molar-refractivity contribution in [3.05, 3.63) is 110 Å². The summed E-state index contributed by atoms with van der Waals surface area (Å²) < 4.78 is 3.47. The molecule has 192 valence electrons. The highest BCUT2D eigenvalue weighted by molar-refractivity contribution is 5.97. The van der Waals surface area contributed by atoms with Crippen molar-refractivity contribution in [2.75, 3.05) is 0 Å². The lowest BCUT2D eigenvalue weighted by molar-refractivity contribution is -0.384. The number of nitro benzene ring substituents is 1. The fourth-order valence-corrected chi connectivity index (χ4v) is 5.72. The van der Waals surface area contributed by atoms with Crippen molar-refractivity contribution in [1.29, 1.82) is 0 Å². The molecule has 0 spiro atoms. The van der Waals surface area contributed by atoms with E-state index in [2.05, 4.69) is 12.1 Å². The molecule has 0 amide bonds. The summed E-state index contributed by atoms with van der Waals surface area (Å²) in [5, 5.41) is 13.3. The number of carbonyl (C=O) groups excluding carboxylic acids is 2. The van der Waals surface area contributed by atoms with E-state index in [4.69, 9.17) is 0 Å². The van der Waals surface area contributed by atoms with Crippen LogP contribution in [0.4, 0.5) is 5.69 Å². The zero-order chi connectivity index (χ0) is 27.5. The van der Waals surface area contributed by atoms with Crippen molar-refractivity contribution in [2.24, 2.45) is 0 Å². The van der Waals surface area contributed by atoms with Gasteiger partial charge in [0.1, 0.15) is 0 Å². The fourth-order valence-electron chi connectivity index (χ4n) is 5.72. The maximum absolute atomic E-state index is 12.6. The lowest BCUT2D eigenvalue weighted by atomic mass is 9.84. The van der Waals surface area contributed by atoms with Gasteiger partial charge in [0.25, 0.3) is 5.69 Å². The molecule has 5 rings (SSSR count). The molecule has 0 fully saturated rings. The molecular weight excluding hydrogens is 478 g/mol. The van der Waals surface area contributed by atoms with Gasteiger partial charge in [0, 0.05) is 54.1 Å². The zero-order valence-electron chi connectivity index (χ0n) is 22.3. The third-order valence-electron chi connectivity index (χ3n) is 7.82. The Balaban J connectivity index is 1.79. The van der Waals surface area contributed by atoms with E-state index in [1.165, 1.54) is 12.1 Å². The first-order valence-corrected chi connectivity index (χ1v) is 12.5.